The number of aromatic nitrogens is 1. The van der Waals surface area contributed by atoms with Crippen LogP contribution in [0.25, 0.3) is 10.2 Å². The zero-order valence-electron chi connectivity index (χ0n) is 19.8. The number of nitrogens with zero attached hydrogens (tertiary/aromatic N) is 4. The van der Waals surface area contributed by atoms with E-state index in [0.29, 0.717) is 28.4 Å². The summed E-state index contributed by atoms with van der Waals surface area (Å²) in [5, 5.41) is 11.5. The van der Waals surface area contributed by atoms with Crippen LogP contribution in [-0.2, 0) is 14.6 Å². The van der Waals surface area contributed by atoms with Gasteiger partial charge in [-0.3, -0.25) is 19.8 Å². The topological polar surface area (TPSA) is 114 Å². The number of nitro groups is 1. The van der Waals surface area contributed by atoms with Gasteiger partial charge in [-0.15, -0.1) is 12.4 Å². The molecule has 1 heterocycles. The third-order valence-electron chi connectivity index (χ3n) is 5.60. The standard InChI is InChI=1S/C23H28N4O5S2.ClH/c1-4-25(5-2)13-14-26(23-24-20-11-8-18(27(29)30)16-21(20)33-23)22(28)12-15-34(31,32)19-9-6-17(3)7-10-19;/h6-11,16H,4-5,12-15H2,1-3H3;1H. The smallest absolute Gasteiger partial charge is 0.270 e. The number of aryl methyl sites for hydroxylation is 1. The minimum Gasteiger partial charge on any atom is -0.302 e. The number of rotatable bonds is 11. The highest BCUT2D eigenvalue weighted by Gasteiger charge is 2.24. The molecule has 3 rings (SSSR count). The van der Waals surface area contributed by atoms with E-state index in [1.54, 1.807) is 30.3 Å². The van der Waals surface area contributed by atoms with Crippen LogP contribution in [0, 0.1) is 17.0 Å². The minimum atomic E-state index is -3.62. The Morgan fingerprint density at radius 3 is 2.34 bits per heavy atom. The van der Waals surface area contributed by atoms with E-state index in [9.17, 15) is 23.3 Å². The van der Waals surface area contributed by atoms with Crippen molar-refractivity contribution < 1.29 is 18.1 Å². The third-order valence-corrected chi connectivity index (χ3v) is 8.38. The number of likely N-dealkylation sites (N-methyl/N-ethyl adjacent to an activating group) is 1. The predicted octanol–water partition coefficient (Wildman–Crippen LogP) is 4.47. The molecule has 0 N–H and O–H groups in total. The molecule has 0 saturated heterocycles. The molecular weight excluding hydrogens is 512 g/mol. The molecule has 1 amide bonds. The first-order valence-electron chi connectivity index (χ1n) is 11.0. The van der Waals surface area contributed by atoms with Crippen LogP contribution < -0.4 is 4.90 Å². The van der Waals surface area contributed by atoms with Gasteiger partial charge in [0.1, 0.15) is 0 Å². The molecule has 0 aliphatic carbocycles. The lowest BCUT2D eigenvalue weighted by molar-refractivity contribution is -0.384. The van der Waals surface area contributed by atoms with Gasteiger partial charge in [0.15, 0.2) is 15.0 Å². The van der Waals surface area contributed by atoms with Crippen molar-refractivity contribution >= 4 is 60.5 Å². The van der Waals surface area contributed by atoms with Crippen LogP contribution >= 0.6 is 23.7 Å². The molecule has 9 nitrogen and oxygen atoms in total. The second-order valence-electron chi connectivity index (χ2n) is 7.86. The van der Waals surface area contributed by atoms with Gasteiger partial charge in [-0.05, 0) is 38.2 Å². The molecular formula is C23H29ClN4O5S2. The Bertz CT molecular complexity index is 1270. The van der Waals surface area contributed by atoms with Gasteiger partial charge in [0.05, 0.1) is 25.8 Å². The number of carbonyl (C=O) groups excluding carboxylic acids is 1. The van der Waals surface area contributed by atoms with E-state index in [4.69, 9.17) is 0 Å². The molecule has 0 fully saturated rings. The summed E-state index contributed by atoms with van der Waals surface area (Å²) in [6, 6.07) is 10.9. The number of halogens is 1. The number of hydrogen-bond donors (Lipinski definition) is 0. The molecule has 0 bridgehead atoms. The Hall–Kier alpha value is -2.60. The number of fused-ring (bicyclic) bond motifs is 1. The average molecular weight is 541 g/mol. The van der Waals surface area contributed by atoms with Crippen LogP contribution in [0.1, 0.15) is 25.8 Å². The molecule has 0 radical (unpaired) electrons. The molecule has 0 spiro atoms. The third kappa shape index (κ3) is 7.20. The number of anilines is 1. The predicted molar refractivity (Wildman–Crippen MR) is 142 cm³/mol. The fraction of sp³-hybridized carbons (Fsp3) is 0.391. The minimum absolute atomic E-state index is 0. The molecule has 1 aromatic heterocycles. The first-order chi connectivity index (χ1) is 16.1. The second kappa shape index (κ2) is 12.4. The molecule has 0 aliphatic rings. The SMILES string of the molecule is CCN(CC)CCN(C(=O)CCS(=O)(=O)c1ccc(C)cc1)c1nc2ccc([N+](=O)[O-])cc2s1.Cl. The zero-order chi connectivity index (χ0) is 24.9. The Kier molecular flexibility index (Phi) is 10.1. The lowest BCUT2D eigenvalue weighted by atomic mass is 10.2. The van der Waals surface area contributed by atoms with Crippen LogP contribution in [0.5, 0.6) is 0 Å². The highest BCUT2D eigenvalue weighted by atomic mass is 35.5. The van der Waals surface area contributed by atoms with E-state index in [1.165, 1.54) is 28.4 Å². The highest BCUT2D eigenvalue weighted by Crippen LogP contribution is 2.32. The molecule has 0 saturated carbocycles. The Morgan fingerprint density at radius 1 is 1.09 bits per heavy atom. The van der Waals surface area contributed by atoms with Gasteiger partial charge < -0.3 is 4.90 Å². The Labute approximate surface area is 215 Å². The number of benzene rings is 2. The summed E-state index contributed by atoms with van der Waals surface area (Å²) >= 11 is 1.19. The van der Waals surface area contributed by atoms with Gasteiger partial charge in [-0.2, -0.15) is 0 Å². The largest absolute Gasteiger partial charge is 0.302 e. The summed E-state index contributed by atoms with van der Waals surface area (Å²) in [5.41, 5.74) is 1.46. The van der Waals surface area contributed by atoms with Crippen molar-refractivity contribution in [2.45, 2.75) is 32.1 Å². The Balaban J connectivity index is 0.00000432. The van der Waals surface area contributed by atoms with Crippen molar-refractivity contribution in [2.24, 2.45) is 0 Å². The van der Waals surface area contributed by atoms with Crippen molar-refractivity contribution in [3.63, 3.8) is 0 Å². The van der Waals surface area contributed by atoms with Gasteiger partial charge in [0.25, 0.3) is 5.69 Å². The normalized spacial score (nSPS) is 11.4. The molecule has 35 heavy (non-hydrogen) atoms. The first kappa shape index (κ1) is 28.6. The maximum atomic E-state index is 13.2. The van der Waals surface area contributed by atoms with Gasteiger partial charge in [-0.1, -0.05) is 42.9 Å². The van der Waals surface area contributed by atoms with Gasteiger partial charge >= 0.3 is 0 Å². The summed E-state index contributed by atoms with van der Waals surface area (Å²) in [6.07, 6.45) is -0.190. The van der Waals surface area contributed by atoms with Crippen LogP contribution in [0.2, 0.25) is 0 Å². The van der Waals surface area contributed by atoms with E-state index in [-0.39, 0.29) is 41.1 Å². The summed E-state index contributed by atoms with van der Waals surface area (Å²) in [6.45, 7) is 8.49. The maximum absolute atomic E-state index is 13.2. The number of hydrogen-bond acceptors (Lipinski definition) is 8. The highest BCUT2D eigenvalue weighted by molar-refractivity contribution is 7.91. The molecule has 3 aromatic rings. The molecule has 12 heteroatoms. The number of thiazole rings is 1. The summed E-state index contributed by atoms with van der Waals surface area (Å²) in [7, 11) is -3.62. The van der Waals surface area contributed by atoms with Crippen molar-refractivity contribution in [1.29, 1.82) is 0 Å². The first-order valence-corrected chi connectivity index (χ1v) is 13.5. The van der Waals surface area contributed by atoms with Crippen molar-refractivity contribution in [1.82, 2.24) is 9.88 Å². The van der Waals surface area contributed by atoms with Crippen LogP contribution in [-0.4, -0.2) is 61.1 Å². The van der Waals surface area contributed by atoms with Crippen molar-refractivity contribution in [3.8, 4) is 0 Å². The fourth-order valence-electron chi connectivity index (χ4n) is 3.46. The summed E-state index contributed by atoms with van der Waals surface area (Å²) in [5.74, 6) is -0.663. The van der Waals surface area contributed by atoms with Crippen molar-refractivity contribution in [2.75, 3.05) is 36.8 Å². The zero-order valence-corrected chi connectivity index (χ0v) is 22.3. The summed E-state index contributed by atoms with van der Waals surface area (Å²) in [4.78, 5) is 32.2. The van der Waals surface area contributed by atoms with Crippen LogP contribution in [0.4, 0.5) is 10.8 Å². The number of amides is 1. The van der Waals surface area contributed by atoms with Gasteiger partial charge in [0.2, 0.25) is 5.91 Å². The molecule has 0 aliphatic heterocycles. The number of carbonyl (C=O) groups is 1. The Morgan fingerprint density at radius 2 is 1.74 bits per heavy atom. The second-order valence-corrected chi connectivity index (χ2v) is 11.0. The number of nitro benzene ring substituents is 1. The lowest BCUT2D eigenvalue weighted by Crippen LogP contribution is -2.39. The quantitative estimate of drug-likeness (QED) is 0.260. The molecule has 190 valence electrons. The van der Waals surface area contributed by atoms with E-state index in [0.717, 1.165) is 18.7 Å². The average Bonchev–Trinajstić information content (AvgIpc) is 3.23. The molecule has 0 atom stereocenters. The van der Waals surface area contributed by atoms with Crippen LogP contribution in [0.3, 0.4) is 0 Å². The van der Waals surface area contributed by atoms with Crippen molar-refractivity contribution in [3.05, 3.63) is 58.1 Å². The molecule has 2 aromatic carbocycles. The monoisotopic (exact) mass is 540 g/mol. The summed E-state index contributed by atoms with van der Waals surface area (Å²) < 4.78 is 26.1. The lowest BCUT2D eigenvalue weighted by Gasteiger charge is -2.24. The van der Waals surface area contributed by atoms with E-state index < -0.39 is 14.8 Å². The van der Waals surface area contributed by atoms with E-state index in [2.05, 4.69) is 9.88 Å². The fourth-order valence-corrected chi connectivity index (χ4v) is 5.73. The molecule has 0 unspecified atom stereocenters. The number of sulfone groups is 1. The van der Waals surface area contributed by atoms with Crippen LogP contribution in [0.15, 0.2) is 47.4 Å². The van der Waals surface area contributed by atoms with Gasteiger partial charge in [0, 0.05) is 31.6 Å². The van der Waals surface area contributed by atoms with E-state index >= 15 is 0 Å². The van der Waals surface area contributed by atoms with Gasteiger partial charge in [-0.25, -0.2) is 13.4 Å². The van der Waals surface area contributed by atoms with E-state index in [1.807, 2.05) is 20.8 Å². The maximum Gasteiger partial charge on any atom is 0.270 e. The number of non-ortho nitro benzene ring substituents is 1.